The number of nitrogens with two attached hydrogens (primary N) is 2. The van der Waals surface area contributed by atoms with Crippen LogP contribution in [0.3, 0.4) is 0 Å². The predicted molar refractivity (Wildman–Crippen MR) is 131 cm³/mol. The number of nitrogen functional groups attached to an aromatic ring is 1. The number of benzene rings is 1. The molecule has 0 saturated carbocycles. The van der Waals surface area contributed by atoms with Gasteiger partial charge in [0.1, 0.15) is 11.9 Å². The number of aliphatic hydroxyl groups excluding tert-OH is 1. The van der Waals surface area contributed by atoms with E-state index >= 15 is 0 Å². The Kier molecular flexibility index (Phi) is 8.17. The maximum absolute atomic E-state index is 12.3. The van der Waals surface area contributed by atoms with E-state index in [0.717, 1.165) is 17.5 Å². The minimum Gasteiger partial charge on any atom is -0.394 e. The third-order valence-corrected chi connectivity index (χ3v) is 5.34. The first-order chi connectivity index (χ1) is 16.3. The fourth-order valence-corrected chi connectivity index (χ4v) is 3.39. The molecule has 11 nitrogen and oxygen atoms in total. The van der Waals surface area contributed by atoms with E-state index in [0.29, 0.717) is 31.0 Å². The summed E-state index contributed by atoms with van der Waals surface area (Å²) in [6.45, 7) is 2.83. The SMILES string of the molecule is CCc1ccc(-c2cn(CCCNc3ccc([N+](=O)[O-])c(N)n3)cc2NC(=O)C(N)CO)cc1. The molecule has 2 heterocycles. The van der Waals surface area contributed by atoms with Gasteiger partial charge in [0.15, 0.2) is 0 Å². The molecule has 1 aromatic carbocycles. The average Bonchev–Trinajstić information content (AvgIpc) is 3.23. The highest BCUT2D eigenvalue weighted by Crippen LogP contribution is 2.30. The molecule has 0 aliphatic rings. The second-order valence-corrected chi connectivity index (χ2v) is 7.79. The van der Waals surface area contributed by atoms with Crippen LogP contribution in [0.15, 0.2) is 48.8 Å². The highest BCUT2D eigenvalue weighted by atomic mass is 16.6. The average molecular weight is 468 g/mol. The summed E-state index contributed by atoms with van der Waals surface area (Å²) in [5.41, 5.74) is 14.7. The molecule has 0 saturated heterocycles. The summed E-state index contributed by atoms with van der Waals surface area (Å²) >= 11 is 0. The van der Waals surface area contributed by atoms with Gasteiger partial charge >= 0.3 is 5.69 Å². The van der Waals surface area contributed by atoms with Crippen LogP contribution in [0.5, 0.6) is 0 Å². The van der Waals surface area contributed by atoms with Gasteiger partial charge in [0.25, 0.3) is 0 Å². The number of hydrogen-bond donors (Lipinski definition) is 5. The van der Waals surface area contributed by atoms with Crippen LogP contribution in [0.1, 0.15) is 18.9 Å². The number of nitrogens with zero attached hydrogens (tertiary/aromatic N) is 3. The Balaban J connectivity index is 1.69. The lowest BCUT2D eigenvalue weighted by molar-refractivity contribution is -0.384. The topological polar surface area (TPSA) is 174 Å². The number of pyridine rings is 1. The summed E-state index contributed by atoms with van der Waals surface area (Å²) in [7, 11) is 0. The molecular weight excluding hydrogens is 438 g/mol. The Morgan fingerprint density at radius 3 is 2.59 bits per heavy atom. The lowest BCUT2D eigenvalue weighted by Crippen LogP contribution is -2.38. The van der Waals surface area contributed by atoms with Crippen molar-refractivity contribution in [1.29, 1.82) is 0 Å². The molecule has 0 aliphatic heterocycles. The van der Waals surface area contributed by atoms with Crippen LogP contribution in [-0.2, 0) is 17.8 Å². The van der Waals surface area contributed by atoms with Gasteiger partial charge in [-0.2, -0.15) is 0 Å². The molecule has 7 N–H and O–H groups in total. The van der Waals surface area contributed by atoms with Crippen LogP contribution in [0.4, 0.5) is 23.0 Å². The van der Waals surface area contributed by atoms with Crippen molar-refractivity contribution in [2.75, 3.05) is 29.5 Å². The molecule has 0 fully saturated rings. The molecule has 0 bridgehead atoms. The van der Waals surface area contributed by atoms with Crippen molar-refractivity contribution in [3.8, 4) is 11.1 Å². The summed E-state index contributed by atoms with van der Waals surface area (Å²) < 4.78 is 1.96. The molecule has 2 aromatic heterocycles. The Morgan fingerprint density at radius 2 is 1.97 bits per heavy atom. The minimum atomic E-state index is -1.01. The monoisotopic (exact) mass is 467 g/mol. The van der Waals surface area contributed by atoms with E-state index in [9.17, 15) is 20.0 Å². The molecule has 1 unspecified atom stereocenters. The fraction of sp³-hybridized carbons (Fsp3) is 0.304. The van der Waals surface area contributed by atoms with Crippen LogP contribution >= 0.6 is 0 Å². The number of nitrogens with one attached hydrogen (secondary N) is 2. The van der Waals surface area contributed by atoms with Crippen molar-refractivity contribution in [2.45, 2.75) is 32.4 Å². The molecule has 180 valence electrons. The van der Waals surface area contributed by atoms with Crippen LogP contribution in [-0.4, -0.2) is 44.7 Å². The first kappa shape index (κ1) is 24.7. The number of anilines is 3. The normalized spacial score (nSPS) is 11.7. The maximum Gasteiger partial charge on any atom is 0.311 e. The van der Waals surface area contributed by atoms with Crippen molar-refractivity contribution in [3.63, 3.8) is 0 Å². The second kappa shape index (κ2) is 11.3. The van der Waals surface area contributed by atoms with E-state index in [1.165, 1.54) is 17.7 Å². The van der Waals surface area contributed by atoms with Crippen molar-refractivity contribution < 1.29 is 14.8 Å². The van der Waals surface area contributed by atoms with Gasteiger partial charge in [-0.3, -0.25) is 14.9 Å². The quantitative estimate of drug-likeness (QED) is 0.162. The zero-order chi connectivity index (χ0) is 24.7. The van der Waals surface area contributed by atoms with Crippen molar-refractivity contribution >= 4 is 28.9 Å². The van der Waals surface area contributed by atoms with Crippen LogP contribution < -0.4 is 22.1 Å². The summed E-state index contributed by atoms with van der Waals surface area (Å²) in [5.74, 6) is -0.144. The Labute approximate surface area is 196 Å². The van der Waals surface area contributed by atoms with Gasteiger partial charge in [-0.15, -0.1) is 0 Å². The van der Waals surface area contributed by atoms with Gasteiger partial charge in [0, 0.05) is 37.1 Å². The smallest absolute Gasteiger partial charge is 0.311 e. The van der Waals surface area contributed by atoms with Crippen molar-refractivity contribution in [1.82, 2.24) is 9.55 Å². The number of hydrogen-bond acceptors (Lipinski definition) is 8. The summed E-state index contributed by atoms with van der Waals surface area (Å²) in [5, 5.41) is 25.9. The predicted octanol–water partition coefficient (Wildman–Crippen LogP) is 2.36. The first-order valence-corrected chi connectivity index (χ1v) is 10.9. The molecular formula is C23H29N7O4. The molecule has 0 spiro atoms. The zero-order valence-corrected chi connectivity index (χ0v) is 18.9. The maximum atomic E-state index is 12.3. The highest BCUT2D eigenvalue weighted by Gasteiger charge is 2.17. The van der Waals surface area contributed by atoms with Crippen LogP contribution in [0, 0.1) is 10.1 Å². The summed E-state index contributed by atoms with van der Waals surface area (Å²) in [6, 6.07) is 9.93. The molecule has 34 heavy (non-hydrogen) atoms. The standard InChI is InChI=1S/C23H29N7O4/c1-2-15-4-6-16(7-5-15)17-12-29(13-19(17)27-23(32)18(24)14-31)11-3-10-26-21-9-8-20(30(33)34)22(25)28-21/h4-9,12-13,18,31H,2-3,10-11,14,24H2,1H3,(H,27,32)(H3,25,26,28). The number of nitro groups is 1. The minimum absolute atomic E-state index is 0.138. The van der Waals surface area contributed by atoms with E-state index in [1.54, 1.807) is 0 Å². The van der Waals surface area contributed by atoms with Crippen LogP contribution in [0.25, 0.3) is 11.1 Å². The van der Waals surface area contributed by atoms with E-state index in [4.69, 9.17) is 11.5 Å². The molecule has 0 aliphatic carbocycles. The number of rotatable bonds is 11. The van der Waals surface area contributed by atoms with Gasteiger partial charge in [-0.05, 0) is 30.0 Å². The zero-order valence-electron chi connectivity index (χ0n) is 18.9. The molecule has 3 rings (SSSR count). The third-order valence-electron chi connectivity index (χ3n) is 5.34. The Bertz CT molecular complexity index is 1140. The van der Waals surface area contributed by atoms with Gasteiger partial charge in [-0.25, -0.2) is 4.98 Å². The molecule has 3 aromatic rings. The van der Waals surface area contributed by atoms with Gasteiger partial charge in [-0.1, -0.05) is 31.2 Å². The van der Waals surface area contributed by atoms with E-state index in [2.05, 4.69) is 22.5 Å². The lowest BCUT2D eigenvalue weighted by atomic mass is 10.0. The Hall–Kier alpha value is -3.96. The molecule has 1 atom stereocenters. The van der Waals surface area contributed by atoms with E-state index < -0.39 is 23.5 Å². The number of aryl methyl sites for hydroxylation is 2. The second-order valence-electron chi connectivity index (χ2n) is 7.79. The van der Waals surface area contributed by atoms with Crippen LogP contribution in [0.2, 0.25) is 0 Å². The molecule has 1 amide bonds. The molecule has 0 radical (unpaired) electrons. The lowest BCUT2D eigenvalue weighted by Gasteiger charge is -2.10. The fourth-order valence-electron chi connectivity index (χ4n) is 3.39. The first-order valence-electron chi connectivity index (χ1n) is 10.9. The van der Waals surface area contributed by atoms with Gasteiger partial charge in [0.2, 0.25) is 11.7 Å². The number of carbonyl (C=O) groups is 1. The van der Waals surface area contributed by atoms with Crippen molar-refractivity contribution in [3.05, 3.63) is 64.5 Å². The van der Waals surface area contributed by atoms with Gasteiger partial charge in [0.05, 0.1) is 17.2 Å². The third kappa shape index (κ3) is 6.09. The molecule has 11 heteroatoms. The number of amides is 1. The van der Waals surface area contributed by atoms with E-state index in [1.807, 2.05) is 41.2 Å². The Morgan fingerprint density at radius 1 is 1.24 bits per heavy atom. The highest BCUT2D eigenvalue weighted by molar-refractivity contribution is 5.98. The van der Waals surface area contributed by atoms with Crippen molar-refractivity contribution in [2.24, 2.45) is 5.73 Å². The summed E-state index contributed by atoms with van der Waals surface area (Å²) in [6.07, 6.45) is 5.42. The largest absolute Gasteiger partial charge is 0.394 e. The summed E-state index contributed by atoms with van der Waals surface area (Å²) in [4.78, 5) is 26.6. The number of aromatic nitrogens is 2. The van der Waals surface area contributed by atoms with E-state index in [-0.39, 0.29) is 11.5 Å². The number of aliphatic hydroxyl groups is 1. The number of carbonyl (C=O) groups excluding carboxylic acids is 1. The van der Waals surface area contributed by atoms with Gasteiger partial charge < -0.3 is 31.8 Å².